The smallest absolute Gasteiger partial charge is 0.138 e. The zero-order valence-corrected chi connectivity index (χ0v) is 12.3. The third-order valence-electron chi connectivity index (χ3n) is 3.58. The summed E-state index contributed by atoms with van der Waals surface area (Å²) in [4.78, 5) is 2.18. The van der Waals surface area contributed by atoms with Crippen LogP contribution in [0.15, 0.2) is 34.9 Å². The van der Waals surface area contributed by atoms with Crippen LogP contribution < -0.4 is 0 Å². The predicted octanol–water partition coefficient (Wildman–Crippen LogP) is 2.85. The molecule has 1 unspecified atom stereocenters. The number of aliphatic hydroxyl groups excluding tert-OH is 1. The fourth-order valence-electron chi connectivity index (χ4n) is 2.26. The minimum atomic E-state index is -0.414. The van der Waals surface area contributed by atoms with Crippen LogP contribution in [0.4, 0.5) is 0 Å². The van der Waals surface area contributed by atoms with Crippen molar-refractivity contribution in [3.8, 4) is 0 Å². The molecule has 0 aliphatic rings. The molecule has 1 aromatic heterocycles. The topological polar surface area (TPSA) is 49.5 Å². The molecule has 0 fully saturated rings. The van der Waals surface area contributed by atoms with Gasteiger partial charge in [-0.15, -0.1) is 0 Å². The van der Waals surface area contributed by atoms with Gasteiger partial charge < -0.3 is 14.5 Å². The molecule has 0 bridgehead atoms. The van der Waals surface area contributed by atoms with Gasteiger partial charge in [0.1, 0.15) is 5.76 Å². The summed E-state index contributed by atoms with van der Waals surface area (Å²) in [6, 6.07) is 9.77. The number of nitrogens with zero attached hydrogens (tertiary/aromatic N) is 2. The molecule has 0 saturated carbocycles. The van der Waals surface area contributed by atoms with Crippen LogP contribution in [0.1, 0.15) is 35.1 Å². The first-order chi connectivity index (χ1) is 9.58. The van der Waals surface area contributed by atoms with Crippen molar-refractivity contribution < 1.29 is 9.63 Å². The molecule has 2 aromatic rings. The normalized spacial score (nSPS) is 12.8. The van der Waals surface area contributed by atoms with Crippen molar-refractivity contribution in [2.45, 2.75) is 32.9 Å². The highest BCUT2D eigenvalue weighted by Gasteiger charge is 2.13. The van der Waals surface area contributed by atoms with E-state index in [-0.39, 0.29) is 0 Å². The second-order valence-electron chi connectivity index (χ2n) is 5.26. The highest BCUT2D eigenvalue weighted by Crippen LogP contribution is 2.18. The molecule has 0 amide bonds. The van der Waals surface area contributed by atoms with E-state index in [9.17, 15) is 5.11 Å². The van der Waals surface area contributed by atoms with Crippen molar-refractivity contribution in [3.05, 3.63) is 52.9 Å². The molecule has 1 heterocycles. The maximum absolute atomic E-state index is 10.1. The van der Waals surface area contributed by atoms with E-state index in [1.165, 1.54) is 0 Å². The highest BCUT2D eigenvalue weighted by molar-refractivity contribution is 5.20. The molecule has 1 aromatic carbocycles. The van der Waals surface area contributed by atoms with Crippen LogP contribution in [0.5, 0.6) is 0 Å². The predicted molar refractivity (Wildman–Crippen MR) is 78.3 cm³/mol. The summed E-state index contributed by atoms with van der Waals surface area (Å²) >= 11 is 0. The quantitative estimate of drug-likeness (QED) is 0.880. The lowest BCUT2D eigenvalue weighted by atomic mass is 10.1. The molecule has 4 nitrogen and oxygen atoms in total. The Morgan fingerprint density at radius 3 is 2.55 bits per heavy atom. The first-order valence-corrected chi connectivity index (χ1v) is 6.91. The Bertz CT molecular complexity index is 517. The van der Waals surface area contributed by atoms with Crippen molar-refractivity contribution in [1.29, 1.82) is 0 Å². The zero-order valence-electron chi connectivity index (χ0n) is 12.3. The van der Waals surface area contributed by atoms with Crippen LogP contribution in [0, 0.1) is 13.8 Å². The van der Waals surface area contributed by atoms with Gasteiger partial charge in [0.15, 0.2) is 0 Å². The summed E-state index contributed by atoms with van der Waals surface area (Å²) in [5, 5.41) is 14.1. The maximum atomic E-state index is 10.1. The summed E-state index contributed by atoms with van der Waals surface area (Å²) in [6.07, 6.45) is 0.299. The summed E-state index contributed by atoms with van der Waals surface area (Å²) in [7, 11) is 2.05. The second-order valence-corrected chi connectivity index (χ2v) is 5.26. The van der Waals surface area contributed by atoms with Gasteiger partial charge in [0, 0.05) is 18.7 Å². The van der Waals surface area contributed by atoms with E-state index in [0.717, 1.165) is 35.7 Å². The summed E-state index contributed by atoms with van der Waals surface area (Å²) in [5.74, 6) is 0.873. The zero-order chi connectivity index (χ0) is 14.5. The minimum absolute atomic E-state index is 0.414. The summed E-state index contributed by atoms with van der Waals surface area (Å²) in [5.41, 5.74) is 3.05. The Kier molecular flexibility index (Phi) is 4.93. The van der Waals surface area contributed by atoms with Crippen molar-refractivity contribution in [2.24, 2.45) is 0 Å². The molecule has 1 N–H and O–H groups in total. The van der Waals surface area contributed by atoms with Crippen LogP contribution in [-0.4, -0.2) is 28.8 Å². The largest absolute Gasteiger partial charge is 0.388 e. The molecular formula is C16H22N2O2. The Balaban J connectivity index is 1.85. The lowest BCUT2D eigenvalue weighted by Crippen LogP contribution is -2.21. The summed E-state index contributed by atoms with van der Waals surface area (Å²) < 4.78 is 5.17. The minimum Gasteiger partial charge on any atom is -0.388 e. The average Bonchev–Trinajstić information content (AvgIpc) is 2.77. The standard InChI is InChI=1S/C16H22N2O2/c1-12-15(13(2)20-17-12)11-18(3)10-9-16(19)14-7-5-4-6-8-14/h4-8,16,19H,9-11H2,1-3H3. The van der Waals surface area contributed by atoms with E-state index in [1.54, 1.807) is 0 Å². The van der Waals surface area contributed by atoms with E-state index >= 15 is 0 Å². The van der Waals surface area contributed by atoms with Gasteiger partial charge in [-0.25, -0.2) is 0 Å². The molecule has 0 radical (unpaired) electrons. The molecule has 0 spiro atoms. The number of benzene rings is 1. The lowest BCUT2D eigenvalue weighted by Gasteiger charge is -2.19. The average molecular weight is 274 g/mol. The molecule has 20 heavy (non-hydrogen) atoms. The van der Waals surface area contributed by atoms with Crippen LogP contribution in [-0.2, 0) is 6.54 Å². The molecule has 2 rings (SSSR count). The van der Waals surface area contributed by atoms with Gasteiger partial charge in [-0.3, -0.25) is 0 Å². The Labute approximate surface area is 120 Å². The lowest BCUT2D eigenvalue weighted by molar-refractivity contribution is 0.147. The first-order valence-electron chi connectivity index (χ1n) is 6.91. The van der Waals surface area contributed by atoms with Gasteiger partial charge in [0.2, 0.25) is 0 Å². The van der Waals surface area contributed by atoms with Gasteiger partial charge in [0.05, 0.1) is 11.8 Å². The fourth-order valence-corrected chi connectivity index (χ4v) is 2.26. The Morgan fingerprint density at radius 2 is 1.95 bits per heavy atom. The van der Waals surface area contributed by atoms with Gasteiger partial charge in [-0.05, 0) is 32.9 Å². The van der Waals surface area contributed by atoms with Crippen LogP contribution >= 0.6 is 0 Å². The van der Waals surface area contributed by atoms with E-state index in [0.29, 0.717) is 6.42 Å². The van der Waals surface area contributed by atoms with Gasteiger partial charge in [-0.1, -0.05) is 35.5 Å². The van der Waals surface area contributed by atoms with Crippen molar-refractivity contribution in [2.75, 3.05) is 13.6 Å². The molecule has 0 saturated heterocycles. The fraction of sp³-hybridized carbons (Fsp3) is 0.438. The van der Waals surface area contributed by atoms with Crippen molar-refractivity contribution >= 4 is 0 Å². The van der Waals surface area contributed by atoms with Gasteiger partial charge in [-0.2, -0.15) is 0 Å². The maximum Gasteiger partial charge on any atom is 0.138 e. The number of aliphatic hydroxyl groups is 1. The van der Waals surface area contributed by atoms with E-state index < -0.39 is 6.10 Å². The SMILES string of the molecule is Cc1noc(C)c1CN(C)CCC(O)c1ccccc1. The number of hydrogen-bond donors (Lipinski definition) is 1. The Hall–Kier alpha value is -1.65. The van der Waals surface area contributed by atoms with Crippen LogP contribution in [0.3, 0.4) is 0 Å². The highest BCUT2D eigenvalue weighted by atomic mass is 16.5. The van der Waals surface area contributed by atoms with Gasteiger partial charge in [0.25, 0.3) is 0 Å². The van der Waals surface area contributed by atoms with E-state index in [1.807, 2.05) is 51.2 Å². The number of hydrogen-bond acceptors (Lipinski definition) is 4. The molecular weight excluding hydrogens is 252 g/mol. The number of aryl methyl sites for hydroxylation is 2. The molecule has 4 heteroatoms. The van der Waals surface area contributed by atoms with E-state index in [4.69, 9.17) is 4.52 Å². The summed E-state index contributed by atoms with van der Waals surface area (Å²) in [6.45, 7) is 5.50. The number of aromatic nitrogens is 1. The first kappa shape index (κ1) is 14.8. The Morgan fingerprint density at radius 1 is 1.25 bits per heavy atom. The van der Waals surface area contributed by atoms with Crippen molar-refractivity contribution in [3.63, 3.8) is 0 Å². The van der Waals surface area contributed by atoms with E-state index in [2.05, 4.69) is 10.1 Å². The number of rotatable bonds is 6. The second kappa shape index (κ2) is 6.68. The molecule has 0 aliphatic heterocycles. The molecule has 108 valence electrons. The van der Waals surface area contributed by atoms with Crippen molar-refractivity contribution in [1.82, 2.24) is 10.1 Å². The van der Waals surface area contributed by atoms with Crippen LogP contribution in [0.25, 0.3) is 0 Å². The molecule has 1 atom stereocenters. The molecule has 0 aliphatic carbocycles. The third-order valence-corrected chi connectivity index (χ3v) is 3.58. The van der Waals surface area contributed by atoms with Gasteiger partial charge >= 0.3 is 0 Å². The monoisotopic (exact) mass is 274 g/mol. The van der Waals surface area contributed by atoms with Crippen LogP contribution in [0.2, 0.25) is 0 Å². The third kappa shape index (κ3) is 3.68.